The Bertz CT molecular complexity index is 566. The summed E-state index contributed by atoms with van der Waals surface area (Å²) in [5.41, 5.74) is 10.1. The Labute approximate surface area is 132 Å². The summed E-state index contributed by atoms with van der Waals surface area (Å²) in [7, 11) is 2.14. The van der Waals surface area contributed by atoms with E-state index in [1.807, 2.05) is 24.3 Å². The topological polar surface area (TPSA) is 29.3 Å². The van der Waals surface area contributed by atoms with Gasteiger partial charge in [0.05, 0.1) is 0 Å². The van der Waals surface area contributed by atoms with Crippen LogP contribution in [0.15, 0.2) is 48.5 Å². The first-order valence-electron chi connectivity index (χ1n) is 7.30. The van der Waals surface area contributed by atoms with Crippen LogP contribution in [0.3, 0.4) is 0 Å². The zero-order valence-electron chi connectivity index (χ0n) is 12.7. The number of nitrogens with zero attached hydrogens (tertiary/aromatic N) is 1. The van der Waals surface area contributed by atoms with Gasteiger partial charge in [0, 0.05) is 17.6 Å². The SMILES string of the molecule is Cc1ccccc1CN(C)CCC(N)c1ccc(Cl)cc1. The van der Waals surface area contributed by atoms with Crippen LogP contribution in [0.4, 0.5) is 0 Å². The number of rotatable bonds is 6. The average molecular weight is 303 g/mol. The molecule has 0 aliphatic carbocycles. The highest BCUT2D eigenvalue weighted by Gasteiger charge is 2.08. The molecule has 2 rings (SSSR count). The normalized spacial score (nSPS) is 12.6. The molecule has 0 saturated heterocycles. The van der Waals surface area contributed by atoms with Gasteiger partial charge in [0.25, 0.3) is 0 Å². The molecule has 0 saturated carbocycles. The summed E-state index contributed by atoms with van der Waals surface area (Å²) in [6.07, 6.45) is 0.935. The van der Waals surface area contributed by atoms with Crippen LogP contribution in [0.1, 0.15) is 29.2 Å². The van der Waals surface area contributed by atoms with Crippen molar-refractivity contribution in [3.05, 3.63) is 70.2 Å². The molecule has 0 amide bonds. The van der Waals surface area contributed by atoms with Gasteiger partial charge in [-0.25, -0.2) is 0 Å². The molecule has 21 heavy (non-hydrogen) atoms. The molecule has 0 heterocycles. The Kier molecular flexibility index (Phi) is 5.80. The smallest absolute Gasteiger partial charge is 0.0406 e. The molecule has 2 N–H and O–H groups in total. The van der Waals surface area contributed by atoms with Crippen molar-refractivity contribution in [2.24, 2.45) is 5.73 Å². The molecule has 2 aromatic rings. The van der Waals surface area contributed by atoms with Gasteiger partial charge in [-0.3, -0.25) is 0 Å². The van der Waals surface area contributed by atoms with Crippen molar-refractivity contribution in [2.75, 3.05) is 13.6 Å². The van der Waals surface area contributed by atoms with Crippen molar-refractivity contribution in [3.8, 4) is 0 Å². The Morgan fingerprint density at radius 1 is 1.10 bits per heavy atom. The lowest BCUT2D eigenvalue weighted by atomic mass is 10.0. The lowest BCUT2D eigenvalue weighted by molar-refractivity contribution is 0.311. The first-order chi connectivity index (χ1) is 10.1. The molecule has 0 radical (unpaired) electrons. The number of halogens is 1. The average Bonchev–Trinajstić information content (AvgIpc) is 2.48. The van der Waals surface area contributed by atoms with Gasteiger partial charge >= 0.3 is 0 Å². The van der Waals surface area contributed by atoms with Gasteiger partial charge in [-0.05, 0) is 55.8 Å². The van der Waals surface area contributed by atoms with Gasteiger partial charge in [-0.1, -0.05) is 48.0 Å². The molecule has 1 atom stereocenters. The van der Waals surface area contributed by atoms with E-state index in [4.69, 9.17) is 17.3 Å². The van der Waals surface area contributed by atoms with Crippen LogP contribution in [0.5, 0.6) is 0 Å². The minimum Gasteiger partial charge on any atom is -0.324 e. The van der Waals surface area contributed by atoms with Crippen LogP contribution in [-0.2, 0) is 6.54 Å². The Morgan fingerprint density at radius 2 is 1.76 bits per heavy atom. The molecule has 1 unspecified atom stereocenters. The van der Waals surface area contributed by atoms with Crippen LogP contribution >= 0.6 is 11.6 Å². The molecule has 0 bridgehead atoms. The summed E-state index contributed by atoms with van der Waals surface area (Å²) in [5.74, 6) is 0. The third-order valence-corrected chi connectivity index (χ3v) is 4.07. The van der Waals surface area contributed by atoms with Gasteiger partial charge in [0.2, 0.25) is 0 Å². The van der Waals surface area contributed by atoms with E-state index in [2.05, 4.69) is 43.1 Å². The number of aryl methyl sites for hydroxylation is 1. The van der Waals surface area contributed by atoms with Crippen molar-refractivity contribution in [1.29, 1.82) is 0 Å². The third kappa shape index (κ3) is 4.85. The molecule has 0 fully saturated rings. The van der Waals surface area contributed by atoms with Gasteiger partial charge in [-0.15, -0.1) is 0 Å². The Balaban J connectivity index is 1.85. The van der Waals surface area contributed by atoms with Crippen LogP contribution in [-0.4, -0.2) is 18.5 Å². The summed E-state index contributed by atoms with van der Waals surface area (Å²) < 4.78 is 0. The summed E-state index contributed by atoms with van der Waals surface area (Å²) in [4.78, 5) is 2.32. The number of nitrogens with two attached hydrogens (primary N) is 1. The van der Waals surface area contributed by atoms with Crippen LogP contribution < -0.4 is 5.73 Å². The first kappa shape index (κ1) is 16.0. The number of hydrogen-bond donors (Lipinski definition) is 1. The summed E-state index contributed by atoms with van der Waals surface area (Å²) >= 11 is 5.90. The predicted molar refractivity (Wildman–Crippen MR) is 90.5 cm³/mol. The van der Waals surface area contributed by atoms with Crippen molar-refractivity contribution < 1.29 is 0 Å². The van der Waals surface area contributed by atoms with Crippen LogP contribution in [0.2, 0.25) is 5.02 Å². The van der Waals surface area contributed by atoms with Crippen LogP contribution in [0, 0.1) is 6.92 Å². The van der Waals surface area contributed by atoms with Crippen molar-refractivity contribution in [2.45, 2.75) is 25.9 Å². The molecule has 3 heteroatoms. The second-order valence-electron chi connectivity index (χ2n) is 5.61. The maximum absolute atomic E-state index is 6.25. The minimum atomic E-state index is 0.0570. The van der Waals surface area contributed by atoms with Crippen molar-refractivity contribution >= 4 is 11.6 Å². The Morgan fingerprint density at radius 3 is 2.43 bits per heavy atom. The fourth-order valence-electron chi connectivity index (χ4n) is 2.39. The fourth-order valence-corrected chi connectivity index (χ4v) is 2.52. The lowest BCUT2D eigenvalue weighted by Crippen LogP contribution is -2.23. The van der Waals surface area contributed by atoms with Gasteiger partial charge < -0.3 is 10.6 Å². The van der Waals surface area contributed by atoms with Crippen LogP contribution in [0.25, 0.3) is 0 Å². The summed E-state index contributed by atoms with van der Waals surface area (Å²) in [6, 6.07) is 16.4. The van der Waals surface area contributed by atoms with E-state index in [1.165, 1.54) is 11.1 Å². The first-order valence-corrected chi connectivity index (χ1v) is 7.68. The molecular formula is C18H23ClN2. The van der Waals surface area contributed by atoms with Gasteiger partial charge in [0.1, 0.15) is 0 Å². The maximum Gasteiger partial charge on any atom is 0.0406 e. The summed E-state index contributed by atoms with van der Waals surface area (Å²) in [5, 5.41) is 0.752. The fraction of sp³-hybridized carbons (Fsp3) is 0.333. The molecule has 112 valence electrons. The van der Waals surface area contributed by atoms with E-state index in [1.54, 1.807) is 0 Å². The highest BCUT2D eigenvalue weighted by molar-refractivity contribution is 6.30. The molecule has 0 aromatic heterocycles. The van der Waals surface area contributed by atoms with Crippen molar-refractivity contribution in [3.63, 3.8) is 0 Å². The molecule has 2 nitrogen and oxygen atoms in total. The second kappa shape index (κ2) is 7.60. The largest absolute Gasteiger partial charge is 0.324 e. The Hall–Kier alpha value is -1.35. The minimum absolute atomic E-state index is 0.0570. The highest BCUT2D eigenvalue weighted by atomic mass is 35.5. The van der Waals surface area contributed by atoms with E-state index >= 15 is 0 Å². The van der Waals surface area contributed by atoms with E-state index < -0.39 is 0 Å². The maximum atomic E-state index is 6.25. The van der Waals surface area contributed by atoms with E-state index in [0.29, 0.717) is 0 Å². The van der Waals surface area contributed by atoms with Gasteiger partial charge in [0.15, 0.2) is 0 Å². The van der Waals surface area contributed by atoms with Crippen molar-refractivity contribution in [1.82, 2.24) is 4.90 Å². The predicted octanol–water partition coefficient (Wildman–Crippen LogP) is 4.17. The zero-order valence-corrected chi connectivity index (χ0v) is 13.5. The van der Waals surface area contributed by atoms with Gasteiger partial charge in [-0.2, -0.15) is 0 Å². The number of benzene rings is 2. The third-order valence-electron chi connectivity index (χ3n) is 3.82. The second-order valence-corrected chi connectivity index (χ2v) is 6.05. The molecule has 0 spiro atoms. The van der Waals surface area contributed by atoms with E-state index in [0.717, 1.165) is 30.1 Å². The number of hydrogen-bond acceptors (Lipinski definition) is 2. The molecule has 0 aliphatic heterocycles. The molecule has 2 aromatic carbocycles. The molecular weight excluding hydrogens is 280 g/mol. The monoisotopic (exact) mass is 302 g/mol. The van der Waals surface area contributed by atoms with E-state index in [-0.39, 0.29) is 6.04 Å². The van der Waals surface area contributed by atoms with E-state index in [9.17, 15) is 0 Å². The standard InChI is InChI=1S/C18H23ClN2/c1-14-5-3-4-6-16(14)13-21(2)12-11-18(20)15-7-9-17(19)10-8-15/h3-10,18H,11-13,20H2,1-2H3. The molecule has 0 aliphatic rings. The lowest BCUT2D eigenvalue weighted by Gasteiger charge is -2.20. The zero-order chi connectivity index (χ0) is 15.2. The summed E-state index contributed by atoms with van der Waals surface area (Å²) in [6.45, 7) is 4.08. The quantitative estimate of drug-likeness (QED) is 0.868. The highest BCUT2D eigenvalue weighted by Crippen LogP contribution is 2.18.